The number of carboxylic acids is 1. The molecule has 0 fully saturated rings. The number of hydrogen-bond acceptors (Lipinski definition) is 4. The van der Waals surface area contributed by atoms with Crippen molar-refractivity contribution in [1.29, 1.82) is 0 Å². The van der Waals surface area contributed by atoms with Crippen LogP contribution >= 0.6 is 0 Å². The van der Waals surface area contributed by atoms with Gasteiger partial charge in [-0.25, -0.2) is 9.97 Å². The smallest absolute Gasteiger partial charge is 0.311 e. The van der Waals surface area contributed by atoms with Crippen molar-refractivity contribution in [2.24, 2.45) is 0 Å². The second-order valence-corrected chi connectivity index (χ2v) is 3.38. The Bertz CT molecular complexity index is 378. The molecule has 0 saturated carbocycles. The van der Waals surface area contributed by atoms with E-state index in [4.69, 9.17) is 5.11 Å². The Hall–Kier alpha value is -1.65. The van der Waals surface area contributed by atoms with Crippen LogP contribution in [0.2, 0.25) is 0 Å². The molecule has 0 aromatic carbocycles. The Labute approximate surface area is 81.4 Å². The predicted octanol–water partition coefficient (Wildman–Crippen LogP) is 0.0960. The quantitative estimate of drug-likeness (QED) is 0.721. The lowest BCUT2D eigenvalue weighted by molar-refractivity contribution is -0.136. The van der Waals surface area contributed by atoms with Gasteiger partial charge in [-0.2, -0.15) is 0 Å². The van der Waals surface area contributed by atoms with Gasteiger partial charge in [0.25, 0.3) is 0 Å². The van der Waals surface area contributed by atoms with Crippen molar-refractivity contribution in [3.63, 3.8) is 0 Å². The molecule has 0 amide bonds. The van der Waals surface area contributed by atoms with Crippen LogP contribution in [-0.2, 0) is 17.6 Å². The number of hydrogen-bond donors (Lipinski definition) is 1. The first-order valence-corrected chi connectivity index (χ1v) is 4.44. The van der Waals surface area contributed by atoms with E-state index in [2.05, 4.69) is 9.97 Å². The van der Waals surface area contributed by atoms with Gasteiger partial charge in [-0.05, 0) is 6.42 Å². The maximum absolute atomic E-state index is 10.5. The van der Waals surface area contributed by atoms with E-state index in [0.717, 1.165) is 24.3 Å². The van der Waals surface area contributed by atoms with Crippen LogP contribution in [0.4, 0.5) is 5.82 Å². The molecule has 2 heterocycles. The Morgan fingerprint density at radius 2 is 2.50 bits per heavy atom. The Morgan fingerprint density at radius 3 is 3.21 bits per heavy atom. The third-order valence-electron chi connectivity index (χ3n) is 2.28. The molecular weight excluding hydrogens is 182 g/mol. The zero-order valence-electron chi connectivity index (χ0n) is 7.90. The summed E-state index contributed by atoms with van der Waals surface area (Å²) in [5.41, 5.74) is 1.10. The third-order valence-corrected chi connectivity index (χ3v) is 2.28. The van der Waals surface area contributed by atoms with Gasteiger partial charge in [-0.1, -0.05) is 0 Å². The van der Waals surface area contributed by atoms with Crippen molar-refractivity contribution in [3.05, 3.63) is 17.6 Å². The van der Waals surface area contributed by atoms with Gasteiger partial charge < -0.3 is 10.0 Å². The molecule has 1 aromatic heterocycles. The molecule has 2 rings (SSSR count). The Kier molecular flexibility index (Phi) is 2.07. The molecule has 1 aliphatic rings. The summed E-state index contributed by atoms with van der Waals surface area (Å²) in [5.74, 6) is 0.354. The molecule has 1 N–H and O–H groups in total. The number of anilines is 1. The van der Waals surface area contributed by atoms with E-state index in [9.17, 15) is 4.79 Å². The molecular formula is C9H11N3O2. The normalized spacial score (nSPS) is 14.2. The Balaban J connectivity index is 2.30. The first-order valence-electron chi connectivity index (χ1n) is 4.44. The number of rotatable bonds is 2. The van der Waals surface area contributed by atoms with E-state index >= 15 is 0 Å². The third kappa shape index (κ3) is 1.53. The second-order valence-electron chi connectivity index (χ2n) is 3.38. The standard InChI is InChI=1S/C9H11N3O2/c1-12-3-2-6-5-10-7(4-8(13)14)11-9(6)12/h5H,2-4H2,1H3,(H,13,14). The van der Waals surface area contributed by atoms with Crippen LogP contribution in [0.5, 0.6) is 0 Å². The number of fused-ring (bicyclic) bond motifs is 1. The minimum atomic E-state index is -0.898. The predicted molar refractivity (Wildman–Crippen MR) is 50.3 cm³/mol. The molecule has 0 atom stereocenters. The van der Waals surface area contributed by atoms with Gasteiger partial charge in [0.2, 0.25) is 0 Å². The van der Waals surface area contributed by atoms with Crippen LogP contribution in [0.3, 0.4) is 0 Å². The van der Waals surface area contributed by atoms with E-state index in [0.29, 0.717) is 5.82 Å². The summed E-state index contributed by atoms with van der Waals surface area (Å²) >= 11 is 0. The number of aromatic nitrogens is 2. The number of likely N-dealkylation sites (N-methyl/N-ethyl adjacent to an activating group) is 1. The maximum atomic E-state index is 10.5. The van der Waals surface area contributed by atoms with Crippen LogP contribution in [0, 0.1) is 0 Å². The van der Waals surface area contributed by atoms with Crippen molar-refractivity contribution in [1.82, 2.24) is 9.97 Å². The highest BCUT2D eigenvalue weighted by molar-refractivity contribution is 5.69. The molecule has 74 valence electrons. The highest BCUT2D eigenvalue weighted by atomic mass is 16.4. The second kappa shape index (κ2) is 3.25. The van der Waals surface area contributed by atoms with Crippen molar-refractivity contribution in [3.8, 4) is 0 Å². The van der Waals surface area contributed by atoms with Gasteiger partial charge >= 0.3 is 5.97 Å². The maximum Gasteiger partial charge on any atom is 0.311 e. The minimum absolute atomic E-state index is 0.110. The summed E-state index contributed by atoms with van der Waals surface area (Å²) < 4.78 is 0. The van der Waals surface area contributed by atoms with Crippen LogP contribution in [0.1, 0.15) is 11.4 Å². The fourth-order valence-electron chi connectivity index (χ4n) is 1.55. The summed E-state index contributed by atoms with van der Waals surface area (Å²) in [6.45, 7) is 0.931. The number of aliphatic carboxylic acids is 1. The number of carboxylic acid groups (broad SMARTS) is 1. The van der Waals surface area contributed by atoms with E-state index < -0.39 is 5.97 Å². The average molecular weight is 193 g/mol. The van der Waals surface area contributed by atoms with Crippen LogP contribution in [0.15, 0.2) is 6.20 Å². The molecule has 0 unspecified atom stereocenters. The van der Waals surface area contributed by atoms with E-state index in [-0.39, 0.29) is 6.42 Å². The van der Waals surface area contributed by atoms with Gasteiger partial charge in [0, 0.05) is 25.4 Å². The first-order chi connectivity index (χ1) is 6.66. The van der Waals surface area contributed by atoms with Crippen molar-refractivity contribution < 1.29 is 9.90 Å². The molecule has 0 spiro atoms. The lowest BCUT2D eigenvalue weighted by Crippen LogP contribution is -2.15. The zero-order valence-corrected chi connectivity index (χ0v) is 7.90. The van der Waals surface area contributed by atoms with Crippen LogP contribution < -0.4 is 4.90 Å². The molecule has 0 aliphatic carbocycles. The molecule has 0 saturated heterocycles. The Morgan fingerprint density at radius 1 is 1.71 bits per heavy atom. The van der Waals surface area contributed by atoms with Crippen molar-refractivity contribution in [2.45, 2.75) is 12.8 Å². The number of carbonyl (C=O) groups is 1. The highest BCUT2D eigenvalue weighted by Crippen LogP contribution is 2.22. The lowest BCUT2D eigenvalue weighted by Gasteiger charge is -2.10. The molecule has 5 nitrogen and oxygen atoms in total. The van der Waals surface area contributed by atoms with Gasteiger partial charge in [-0.15, -0.1) is 0 Å². The van der Waals surface area contributed by atoms with Crippen molar-refractivity contribution in [2.75, 3.05) is 18.5 Å². The van der Waals surface area contributed by atoms with Crippen LogP contribution in [-0.4, -0.2) is 34.6 Å². The highest BCUT2D eigenvalue weighted by Gasteiger charge is 2.18. The molecule has 1 aromatic rings. The topological polar surface area (TPSA) is 66.3 Å². The molecule has 14 heavy (non-hydrogen) atoms. The molecule has 0 radical (unpaired) electrons. The zero-order chi connectivity index (χ0) is 10.1. The summed E-state index contributed by atoms with van der Waals surface area (Å²) in [6, 6.07) is 0. The summed E-state index contributed by atoms with van der Waals surface area (Å²) in [4.78, 5) is 20.7. The summed E-state index contributed by atoms with van der Waals surface area (Å²) in [6.07, 6.45) is 2.56. The first kappa shape index (κ1) is 8.93. The average Bonchev–Trinajstić information content (AvgIpc) is 2.47. The fourth-order valence-corrected chi connectivity index (χ4v) is 1.55. The molecule has 5 heteroatoms. The molecule has 0 bridgehead atoms. The van der Waals surface area contributed by atoms with Gasteiger partial charge in [0.1, 0.15) is 18.1 Å². The van der Waals surface area contributed by atoms with E-state index in [1.54, 1.807) is 6.20 Å². The van der Waals surface area contributed by atoms with Gasteiger partial charge in [-0.3, -0.25) is 4.79 Å². The monoisotopic (exact) mass is 193 g/mol. The number of nitrogens with zero attached hydrogens (tertiary/aromatic N) is 3. The summed E-state index contributed by atoms with van der Waals surface area (Å²) in [5, 5.41) is 8.59. The largest absolute Gasteiger partial charge is 0.481 e. The van der Waals surface area contributed by atoms with Crippen LogP contribution in [0.25, 0.3) is 0 Å². The summed E-state index contributed by atoms with van der Waals surface area (Å²) in [7, 11) is 1.95. The molecule has 1 aliphatic heterocycles. The minimum Gasteiger partial charge on any atom is -0.481 e. The SMILES string of the molecule is CN1CCc2cnc(CC(=O)O)nc21. The fraction of sp³-hybridized carbons (Fsp3) is 0.444. The lowest BCUT2D eigenvalue weighted by atomic mass is 10.3. The van der Waals surface area contributed by atoms with E-state index in [1.807, 2.05) is 11.9 Å². The van der Waals surface area contributed by atoms with Gasteiger partial charge in [0.15, 0.2) is 0 Å². The van der Waals surface area contributed by atoms with Gasteiger partial charge in [0.05, 0.1) is 0 Å². The van der Waals surface area contributed by atoms with Crippen molar-refractivity contribution >= 4 is 11.8 Å². The van der Waals surface area contributed by atoms with E-state index in [1.165, 1.54) is 0 Å².